The van der Waals surface area contributed by atoms with E-state index in [1.165, 1.54) is 19.3 Å². The minimum absolute atomic E-state index is 0.0727. The number of carbonyl (C=O) groups is 1. The minimum Gasteiger partial charge on any atom is -0.383 e. The number of hydrogen-bond donors (Lipinski definition) is 1. The van der Waals surface area contributed by atoms with E-state index >= 15 is 0 Å². The first-order valence-electron chi connectivity index (χ1n) is 8.75. The fraction of sp³-hybridized carbons (Fsp3) is 0.500. The highest BCUT2D eigenvalue weighted by Crippen LogP contribution is 2.31. The molecule has 0 radical (unpaired) electrons. The minimum atomic E-state index is -0.775. The van der Waals surface area contributed by atoms with E-state index in [-0.39, 0.29) is 11.7 Å². The number of benzene rings is 1. The number of fused-ring (bicyclic) bond motifs is 1. The van der Waals surface area contributed by atoms with Crippen LogP contribution < -0.4 is 0 Å². The van der Waals surface area contributed by atoms with Gasteiger partial charge < -0.3 is 5.11 Å². The predicted octanol–water partition coefficient (Wildman–Crippen LogP) is 4.87. The first kappa shape index (κ1) is 17.6. The SMILES string of the molecule is CCCCCC/C=C/C(O)C1=Nc2ccccc2C(=O)C1CC. The number of nitrogens with zero attached hydrogens (tertiary/aromatic N) is 1. The standard InChI is InChI=1S/C20H27NO2/c1-3-5-6-7-8-9-14-18(22)19-15(4-2)20(23)16-12-10-11-13-17(16)21-19/h9-15,18,22H,3-8H2,1-2H3/b14-9+. The van der Waals surface area contributed by atoms with Gasteiger partial charge >= 0.3 is 0 Å². The second kappa shape index (κ2) is 8.78. The lowest BCUT2D eigenvalue weighted by molar-refractivity contribution is 0.0944. The summed E-state index contributed by atoms with van der Waals surface area (Å²) in [7, 11) is 0. The van der Waals surface area contributed by atoms with Crippen molar-refractivity contribution in [3.63, 3.8) is 0 Å². The zero-order valence-corrected chi connectivity index (χ0v) is 14.2. The molecule has 1 aromatic rings. The molecule has 2 unspecified atom stereocenters. The average molecular weight is 313 g/mol. The third-order valence-corrected chi connectivity index (χ3v) is 4.35. The molecule has 0 saturated heterocycles. The molecular weight excluding hydrogens is 286 g/mol. The van der Waals surface area contributed by atoms with Gasteiger partial charge in [-0.05, 0) is 31.4 Å². The summed E-state index contributed by atoms with van der Waals surface area (Å²) < 4.78 is 0. The van der Waals surface area contributed by atoms with Crippen molar-refractivity contribution in [3.05, 3.63) is 42.0 Å². The zero-order chi connectivity index (χ0) is 16.7. The number of allylic oxidation sites excluding steroid dienone is 1. The van der Waals surface area contributed by atoms with E-state index < -0.39 is 6.10 Å². The molecule has 1 aliphatic rings. The number of ketones is 1. The first-order chi connectivity index (χ1) is 11.2. The topological polar surface area (TPSA) is 49.7 Å². The molecule has 0 amide bonds. The molecular formula is C20H27NO2. The summed E-state index contributed by atoms with van der Waals surface area (Å²) in [6, 6.07) is 7.38. The van der Waals surface area contributed by atoms with Gasteiger partial charge in [0.15, 0.2) is 5.78 Å². The number of hydrogen-bond acceptors (Lipinski definition) is 3. The molecule has 1 heterocycles. The monoisotopic (exact) mass is 313 g/mol. The Morgan fingerprint density at radius 1 is 1.22 bits per heavy atom. The van der Waals surface area contributed by atoms with E-state index in [4.69, 9.17) is 0 Å². The number of rotatable bonds is 8. The van der Waals surface area contributed by atoms with Gasteiger partial charge in [-0.1, -0.05) is 57.4 Å². The number of aliphatic hydroxyl groups is 1. The van der Waals surface area contributed by atoms with Gasteiger partial charge in [0.1, 0.15) is 6.10 Å². The van der Waals surface area contributed by atoms with Gasteiger partial charge in [-0.25, -0.2) is 0 Å². The van der Waals surface area contributed by atoms with E-state index in [1.54, 1.807) is 6.08 Å². The van der Waals surface area contributed by atoms with Crippen LogP contribution >= 0.6 is 0 Å². The van der Waals surface area contributed by atoms with Gasteiger partial charge in [0, 0.05) is 5.56 Å². The summed E-state index contributed by atoms with van der Waals surface area (Å²) in [6.07, 6.45) is 9.50. The van der Waals surface area contributed by atoms with Crippen molar-refractivity contribution in [2.75, 3.05) is 0 Å². The zero-order valence-electron chi connectivity index (χ0n) is 14.2. The lowest BCUT2D eigenvalue weighted by Crippen LogP contribution is -2.34. The van der Waals surface area contributed by atoms with Crippen molar-refractivity contribution >= 4 is 17.2 Å². The molecule has 0 saturated carbocycles. The van der Waals surface area contributed by atoms with Gasteiger partial charge in [0.05, 0.1) is 17.3 Å². The molecule has 3 heteroatoms. The quantitative estimate of drug-likeness (QED) is 0.550. The summed E-state index contributed by atoms with van der Waals surface area (Å²) >= 11 is 0. The van der Waals surface area contributed by atoms with E-state index in [2.05, 4.69) is 11.9 Å². The third-order valence-electron chi connectivity index (χ3n) is 4.35. The molecule has 0 aromatic heterocycles. The maximum atomic E-state index is 12.6. The van der Waals surface area contributed by atoms with Crippen LogP contribution in [0.25, 0.3) is 0 Å². The molecule has 2 atom stereocenters. The summed E-state index contributed by atoms with van der Waals surface area (Å²) in [4.78, 5) is 17.2. The smallest absolute Gasteiger partial charge is 0.173 e. The molecule has 2 rings (SSSR count). The second-order valence-corrected chi connectivity index (χ2v) is 6.10. The van der Waals surface area contributed by atoms with E-state index in [0.717, 1.165) is 12.8 Å². The average Bonchev–Trinajstić information content (AvgIpc) is 2.57. The molecule has 124 valence electrons. The fourth-order valence-electron chi connectivity index (χ4n) is 3.00. The van der Waals surface area contributed by atoms with Crippen molar-refractivity contribution in [1.82, 2.24) is 0 Å². The highest BCUT2D eigenvalue weighted by Gasteiger charge is 2.32. The Kier molecular flexibility index (Phi) is 6.72. The van der Waals surface area contributed by atoms with Gasteiger partial charge in [-0.2, -0.15) is 0 Å². The highest BCUT2D eigenvalue weighted by molar-refractivity contribution is 6.19. The summed E-state index contributed by atoms with van der Waals surface area (Å²) in [5.74, 6) is -0.242. The van der Waals surface area contributed by atoms with Gasteiger partial charge in [-0.3, -0.25) is 9.79 Å². The molecule has 0 fully saturated rings. The molecule has 1 aliphatic heterocycles. The van der Waals surface area contributed by atoms with E-state index in [9.17, 15) is 9.90 Å². The number of Topliss-reactive ketones (excluding diaryl/α,β-unsaturated/α-hetero) is 1. The van der Waals surface area contributed by atoms with Crippen LogP contribution in [-0.2, 0) is 0 Å². The molecule has 0 spiro atoms. The maximum Gasteiger partial charge on any atom is 0.173 e. The number of aliphatic hydroxyl groups excluding tert-OH is 1. The molecule has 1 N–H and O–H groups in total. The van der Waals surface area contributed by atoms with Crippen molar-refractivity contribution in [2.24, 2.45) is 10.9 Å². The van der Waals surface area contributed by atoms with Crippen LogP contribution in [0.5, 0.6) is 0 Å². The van der Waals surface area contributed by atoms with Crippen molar-refractivity contribution < 1.29 is 9.90 Å². The Morgan fingerprint density at radius 2 is 2.00 bits per heavy atom. The van der Waals surface area contributed by atoms with Crippen molar-refractivity contribution in [2.45, 2.75) is 58.5 Å². The van der Waals surface area contributed by atoms with Crippen LogP contribution in [0.15, 0.2) is 41.4 Å². The van der Waals surface area contributed by atoms with Crippen LogP contribution in [0.2, 0.25) is 0 Å². The normalized spacial score (nSPS) is 18.8. The Morgan fingerprint density at radius 3 is 2.74 bits per heavy atom. The lowest BCUT2D eigenvalue weighted by Gasteiger charge is -2.24. The summed E-state index contributed by atoms with van der Waals surface area (Å²) in [6.45, 7) is 4.16. The van der Waals surface area contributed by atoms with Crippen LogP contribution in [0.1, 0.15) is 62.7 Å². The van der Waals surface area contributed by atoms with Crippen LogP contribution in [0, 0.1) is 5.92 Å². The number of para-hydroxylation sites is 1. The van der Waals surface area contributed by atoms with Gasteiger partial charge in [0.2, 0.25) is 0 Å². The highest BCUT2D eigenvalue weighted by atomic mass is 16.3. The van der Waals surface area contributed by atoms with E-state index in [1.807, 2.05) is 37.3 Å². The fourth-order valence-corrected chi connectivity index (χ4v) is 3.00. The Bertz CT molecular complexity index is 589. The molecule has 0 aliphatic carbocycles. The van der Waals surface area contributed by atoms with Crippen LogP contribution in [0.4, 0.5) is 5.69 Å². The Labute approximate surface area is 139 Å². The summed E-state index contributed by atoms with van der Waals surface area (Å²) in [5.41, 5.74) is 1.92. The number of aliphatic imine (C=N–C) groups is 1. The molecule has 1 aromatic carbocycles. The Balaban J connectivity index is 2.09. The van der Waals surface area contributed by atoms with Gasteiger partial charge in [0.25, 0.3) is 0 Å². The first-order valence-corrected chi connectivity index (χ1v) is 8.75. The maximum absolute atomic E-state index is 12.6. The van der Waals surface area contributed by atoms with E-state index in [0.29, 0.717) is 23.4 Å². The number of unbranched alkanes of at least 4 members (excludes halogenated alkanes) is 4. The molecule has 0 bridgehead atoms. The molecule has 23 heavy (non-hydrogen) atoms. The van der Waals surface area contributed by atoms with Crippen molar-refractivity contribution in [3.8, 4) is 0 Å². The van der Waals surface area contributed by atoms with Crippen LogP contribution in [-0.4, -0.2) is 22.7 Å². The van der Waals surface area contributed by atoms with Crippen molar-refractivity contribution in [1.29, 1.82) is 0 Å². The lowest BCUT2D eigenvalue weighted by atomic mass is 9.85. The largest absolute Gasteiger partial charge is 0.383 e. The second-order valence-electron chi connectivity index (χ2n) is 6.10. The third kappa shape index (κ3) is 4.38. The predicted molar refractivity (Wildman–Crippen MR) is 95.6 cm³/mol. The van der Waals surface area contributed by atoms with Gasteiger partial charge in [-0.15, -0.1) is 0 Å². The molecule has 3 nitrogen and oxygen atoms in total. The number of carbonyl (C=O) groups excluding carboxylic acids is 1. The summed E-state index contributed by atoms with van der Waals surface area (Å²) in [5, 5.41) is 10.5. The van der Waals surface area contributed by atoms with Crippen LogP contribution in [0.3, 0.4) is 0 Å². The Hall–Kier alpha value is -1.74.